The summed E-state index contributed by atoms with van der Waals surface area (Å²) in [5.41, 5.74) is 4.95. The molecule has 0 aliphatic heterocycles. The average Bonchev–Trinajstić information content (AvgIpc) is 2.71. The van der Waals surface area contributed by atoms with Gasteiger partial charge in [0.2, 0.25) is 5.91 Å². The van der Waals surface area contributed by atoms with Crippen LogP contribution in [0, 0.1) is 10.1 Å². The monoisotopic (exact) mass is 434 g/mol. The van der Waals surface area contributed by atoms with E-state index in [9.17, 15) is 14.9 Å². The van der Waals surface area contributed by atoms with Gasteiger partial charge in [-0.25, -0.2) is 5.43 Å². The van der Waals surface area contributed by atoms with Gasteiger partial charge in [-0.2, -0.15) is 5.10 Å². The smallest absolute Gasteiger partial charge is 0.270 e. The van der Waals surface area contributed by atoms with Crippen LogP contribution in [0.4, 0.5) is 11.4 Å². The van der Waals surface area contributed by atoms with E-state index in [0.29, 0.717) is 16.3 Å². The summed E-state index contributed by atoms with van der Waals surface area (Å²) in [6.07, 6.45) is 1.45. The Morgan fingerprint density at radius 1 is 1.24 bits per heavy atom. The molecule has 1 amide bonds. The van der Waals surface area contributed by atoms with E-state index in [1.807, 2.05) is 38.1 Å². The van der Waals surface area contributed by atoms with Crippen molar-refractivity contribution in [2.45, 2.75) is 19.6 Å². The molecule has 2 aromatic carbocycles. The molecule has 0 radical (unpaired) electrons. The number of rotatable bonds is 10. The molecule has 0 aliphatic rings. The van der Waals surface area contributed by atoms with Crippen LogP contribution in [0.5, 0.6) is 0 Å². The number of thioether (sulfide) groups is 1. The summed E-state index contributed by atoms with van der Waals surface area (Å²) >= 11 is 7.31. The van der Waals surface area contributed by atoms with E-state index in [0.717, 1.165) is 24.3 Å². The van der Waals surface area contributed by atoms with Crippen molar-refractivity contribution >= 4 is 46.9 Å². The third-order valence-electron chi connectivity index (χ3n) is 4.13. The normalized spacial score (nSPS) is 10.9. The number of nitrogens with zero attached hydrogens (tertiary/aromatic N) is 3. The maximum absolute atomic E-state index is 12.0. The molecule has 154 valence electrons. The molecule has 0 atom stereocenters. The highest BCUT2D eigenvalue weighted by atomic mass is 35.5. The Bertz CT molecular complexity index is 871. The molecular formula is C20H23ClN4O3S. The van der Waals surface area contributed by atoms with Crippen LogP contribution in [0.25, 0.3) is 0 Å². The lowest BCUT2D eigenvalue weighted by Crippen LogP contribution is -2.23. The molecule has 2 rings (SSSR count). The summed E-state index contributed by atoms with van der Waals surface area (Å²) in [6.45, 7) is 5.52. The molecular weight excluding hydrogens is 412 g/mol. The van der Waals surface area contributed by atoms with Crippen molar-refractivity contribution in [2.75, 3.05) is 23.7 Å². The molecule has 2 aromatic rings. The van der Waals surface area contributed by atoms with E-state index in [1.54, 1.807) is 6.07 Å². The molecule has 0 heterocycles. The van der Waals surface area contributed by atoms with Crippen molar-refractivity contribution in [3.05, 3.63) is 68.7 Å². The Morgan fingerprint density at radius 3 is 2.55 bits per heavy atom. The summed E-state index contributed by atoms with van der Waals surface area (Å²) in [4.78, 5) is 24.7. The number of benzene rings is 2. The second-order valence-electron chi connectivity index (χ2n) is 6.08. The number of amides is 1. The number of non-ortho nitro benzene ring substituents is 1. The van der Waals surface area contributed by atoms with E-state index >= 15 is 0 Å². The second kappa shape index (κ2) is 11.4. The third kappa shape index (κ3) is 7.07. The number of carbonyl (C=O) groups excluding carboxylic acids is 1. The Kier molecular flexibility index (Phi) is 8.95. The number of carbonyl (C=O) groups is 1. The molecule has 0 bridgehead atoms. The second-order valence-corrected chi connectivity index (χ2v) is 7.51. The van der Waals surface area contributed by atoms with Crippen LogP contribution in [0.2, 0.25) is 5.02 Å². The molecule has 0 aromatic heterocycles. The Hall–Kier alpha value is -2.58. The Morgan fingerprint density at radius 2 is 1.93 bits per heavy atom. The van der Waals surface area contributed by atoms with E-state index < -0.39 is 4.92 Å². The minimum atomic E-state index is -0.449. The quantitative estimate of drug-likeness (QED) is 0.338. The standard InChI is InChI=1S/C20H23ClN4O3S/c1-3-24(4-2)19-10-9-18(25(27)28)11-16(19)12-22-23-20(26)14-29-13-15-5-7-17(21)8-6-15/h5-12H,3-4,13-14H2,1-2H3,(H,23,26)/b22-12-. The molecule has 1 N–H and O–H groups in total. The lowest BCUT2D eigenvalue weighted by Gasteiger charge is -2.22. The average molecular weight is 435 g/mol. The molecule has 0 fully saturated rings. The SMILES string of the molecule is CCN(CC)c1ccc([N+](=O)[O-])cc1/C=N\NC(=O)CSCc1ccc(Cl)cc1. The van der Waals surface area contributed by atoms with Gasteiger partial charge in [0.05, 0.1) is 16.9 Å². The van der Waals surface area contributed by atoms with E-state index in [1.165, 1.54) is 30.1 Å². The highest BCUT2D eigenvalue weighted by Gasteiger charge is 2.13. The van der Waals surface area contributed by atoms with Crippen molar-refractivity contribution in [3.63, 3.8) is 0 Å². The fraction of sp³-hybridized carbons (Fsp3) is 0.300. The van der Waals surface area contributed by atoms with Gasteiger partial charge in [-0.1, -0.05) is 23.7 Å². The van der Waals surface area contributed by atoms with Crippen molar-refractivity contribution in [2.24, 2.45) is 5.10 Å². The van der Waals surface area contributed by atoms with Crippen LogP contribution in [0.15, 0.2) is 47.6 Å². The number of nitrogens with one attached hydrogen (secondary N) is 1. The Balaban J connectivity index is 1.96. The fourth-order valence-electron chi connectivity index (χ4n) is 2.66. The van der Waals surface area contributed by atoms with E-state index in [-0.39, 0.29) is 17.3 Å². The van der Waals surface area contributed by atoms with Crippen LogP contribution >= 0.6 is 23.4 Å². The van der Waals surface area contributed by atoms with Crippen molar-refractivity contribution in [3.8, 4) is 0 Å². The van der Waals surface area contributed by atoms with E-state index in [4.69, 9.17) is 11.6 Å². The van der Waals surface area contributed by atoms with Crippen LogP contribution in [-0.2, 0) is 10.5 Å². The maximum atomic E-state index is 12.0. The number of nitro groups is 1. The maximum Gasteiger partial charge on any atom is 0.270 e. The van der Waals surface area contributed by atoms with Gasteiger partial charge in [-0.05, 0) is 37.6 Å². The molecule has 0 saturated heterocycles. The first-order chi connectivity index (χ1) is 13.9. The zero-order valence-electron chi connectivity index (χ0n) is 16.3. The lowest BCUT2D eigenvalue weighted by atomic mass is 10.1. The van der Waals surface area contributed by atoms with Crippen LogP contribution in [0.1, 0.15) is 25.0 Å². The van der Waals surface area contributed by atoms with Crippen LogP contribution in [-0.4, -0.2) is 35.9 Å². The summed E-state index contributed by atoms with van der Waals surface area (Å²) in [6, 6.07) is 12.1. The predicted octanol–water partition coefficient (Wildman–Crippen LogP) is 4.48. The zero-order chi connectivity index (χ0) is 21.2. The minimum Gasteiger partial charge on any atom is -0.372 e. The van der Waals surface area contributed by atoms with Gasteiger partial charge in [-0.15, -0.1) is 11.8 Å². The summed E-state index contributed by atoms with van der Waals surface area (Å²) in [5.74, 6) is 0.693. The first-order valence-electron chi connectivity index (χ1n) is 9.12. The molecule has 7 nitrogen and oxygen atoms in total. The molecule has 0 unspecified atom stereocenters. The topological polar surface area (TPSA) is 87.8 Å². The first-order valence-corrected chi connectivity index (χ1v) is 10.6. The Labute approximate surface area is 179 Å². The molecule has 0 saturated carbocycles. The number of hydrogen-bond donors (Lipinski definition) is 1. The summed E-state index contributed by atoms with van der Waals surface area (Å²) in [7, 11) is 0. The predicted molar refractivity (Wildman–Crippen MR) is 120 cm³/mol. The summed E-state index contributed by atoms with van der Waals surface area (Å²) < 4.78 is 0. The molecule has 9 heteroatoms. The number of nitro benzene ring substituents is 1. The number of hydrazone groups is 1. The van der Waals surface area contributed by atoms with Gasteiger partial charge < -0.3 is 4.90 Å². The number of hydrogen-bond acceptors (Lipinski definition) is 6. The number of halogens is 1. The molecule has 0 spiro atoms. The van der Waals surface area contributed by atoms with Crippen molar-refractivity contribution in [1.82, 2.24) is 5.43 Å². The lowest BCUT2D eigenvalue weighted by molar-refractivity contribution is -0.384. The van der Waals surface area contributed by atoms with Crippen molar-refractivity contribution in [1.29, 1.82) is 0 Å². The zero-order valence-corrected chi connectivity index (χ0v) is 17.9. The number of anilines is 1. The molecule has 0 aliphatic carbocycles. The van der Waals surface area contributed by atoms with Gasteiger partial charge >= 0.3 is 0 Å². The van der Waals surface area contributed by atoms with Gasteiger partial charge in [0.25, 0.3) is 5.69 Å². The molecule has 29 heavy (non-hydrogen) atoms. The van der Waals surface area contributed by atoms with Gasteiger partial charge in [0.15, 0.2) is 0 Å². The van der Waals surface area contributed by atoms with Gasteiger partial charge in [-0.3, -0.25) is 14.9 Å². The highest BCUT2D eigenvalue weighted by molar-refractivity contribution is 7.99. The van der Waals surface area contributed by atoms with Gasteiger partial charge in [0.1, 0.15) is 0 Å². The van der Waals surface area contributed by atoms with Crippen molar-refractivity contribution < 1.29 is 9.72 Å². The minimum absolute atomic E-state index is 0.0211. The van der Waals surface area contributed by atoms with Gasteiger partial charge in [0, 0.05) is 47.2 Å². The third-order valence-corrected chi connectivity index (χ3v) is 5.39. The highest BCUT2D eigenvalue weighted by Crippen LogP contribution is 2.24. The van der Waals surface area contributed by atoms with E-state index in [2.05, 4.69) is 15.4 Å². The van der Waals surface area contributed by atoms with Crippen LogP contribution in [0.3, 0.4) is 0 Å². The fourth-order valence-corrected chi connectivity index (χ4v) is 3.57. The largest absolute Gasteiger partial charge is 0.372 e. The van der Waals surface area contributed by atoms with Crippen LogP contribution < -0.4 is 10.3 Å². The first kappa shape index (κ1) is 22.7. The summed E-state index contributed by atoms with van der Waals surface area (Å²) in [5, 5.41) is 15.7.